The van der Waals surface area contributed by atoms with Gasteiger partial charge < -0.3 is 8.98 Å². The largest absolute Gasteiger partial charge is 0.416 e. The Morgan fingerprint density at radius 3 is 2.62 bits per heavy atom. The molecule has 134 valence electrons. The predicted molar refractivity (Wildman–Crippen MR) is 101 cm³/mol. The minimum Gasteiger partial charge on any atom is -0.416 e. The lowest BCUT2D eigenvalue weighted by Crippen LogP contribution is -2.05. The van der Waals surface area contributed by atoms with Gasteiger partial charge in [0.25, 0.3) is 5.22 Å². The number of carbonyl (C=O) groups is 1. The summed E-state index contributed by atoms with van der Waals surface area (Å²) in [5.74, 6) is 1.51. The number of Topliss-reactive ketones (excluding diaryl/α,β-unsaturated/α-hetero) is 1. The zero-order valence-electron chi connectivity index (χ0n) is 15.2. The van der Waals surface area contributed by atoms with E-state index in [9.17, 15) is 4.79 Å². The molecule has 1 aliphatic carbocycles. The number of hydrogen-bond acceptors (Lipinski definition) is 5. The van der Waals surface area contributed by atoms with Gasteiger partial charge in [0, 0.05) is 28.6 Å². The highest BCUT2D eigenvalue weighted by molar-refractivity contribution is 7.99. The van der Waals surface area contributed by atoms with Crippen LogP contribution in [0.1, 0.15) is 52.0 Å². The van der Waals surface area contributed by atoms with Gasteiger partial charge in [0.05, 0.1) is 5.75 Å². The minimum atomic E-state index is 0.0765. The van der Waals surface area contributed by atoms with Gasteiger partial charge in [-0.05, 0) is 51.8 Å². The second kappa shape index (κ2) is 6.76. The summed E-state index contributed by atoms with van der Waals surface area (Å²) in [6, 6.07) is 10.3. The predicted octanol–water partition coefficient (Wildman–Crippen LogP) is 4.64. The van der Waals surface area contributed by atoms with Crippen molar-refractivity contribution in [3.05, 3.63) is 58.7 Å². The van der Waals surface area contributed by atoms with E-state index < -0.39 is 0 Å². The van der Waals surface area contributed by atoms with E-state index in [1.54, 1.807) is 0 Å². The van der Waals surface area contributed by atoms with Crippen LogP contribution >= 0.6 is 11.8 Å². The zero-order valence-corrected chi connectivity index (χ0v) is 16.0. The maximum atomic E-state index is 12.7. The summed E-state index contributed by atoms with van der Waals surface area (Å²) in [5.41, 5.74) is 5.05. The number of rotatable bonds is 6. The number of hydrogen-bond donors (Lipinski definition) is 0. The lowest BCUT2D eigenvalue weighted by molar-refractivity contribution is 0.102. The number of aryl methyl sites for hydroxylation is 2. The Kier molecular flexibility index (Phi) is 4.44. The molecule has 1 aromatic carbocycles. The molecular weight excluding hydrogens is 346 g/mol. The number of carbonyl (C=O) groups excluding carboxylic acids is 1. The number of ketones is 1. The molecule has 5 nitrogen and oxygen atoms in total. The molecule has 0 spiro atoms. The molecule has 0 bridgehead atoms. The van der Waals surface area contributed by atoms with Gasteiger partial charge >= 0.3 is 0 Å². The molecule has 1 saturated carbocycles. The van der Waals surface area contributed by atoms with E-state index in [-0.39, 0.29) is 5.78 Å². The number of nitrogens with zero attached hydrogens (tertiary/aromatic N) is 3. The molecule has 4 rings (SSSR count). The van der Waals surface area contributed by atoms with Crippen molar-refractivity contribution >= 4 is 17.5 Å². The highest BCUT2D eigenvalue weighted by atomic mass is 32.2. The van der Waals surface area contributed by atoms with Crippen LogP contribution in [0.4, 0.5) is 0 Å². The first kappa shape index (κ1) is 17.1. The van der Waals surface area contributed by atoms with Crippen LogP contribution < -0.4 is 0 Å². The third kappa shape index (κ3) is 3.33. The SMILES string of the molecule is Cc1ccc(-n2c(C)cc(C(=O)CSc3nnc(C4CC4)o3)c2C)cc1. The van der Waals surface area contributed by atoms with Crippen LogP contribution in [0.25, 0.3) is 5.69 Å². The molecule has 0 atom stereocenters. The summed E-state index contributed by atoms with van der Waals surface area (Å²) in [7, 11) is 0. The molecule has 0 radical (unpaired) electrons. The molecule has 26 heavy (non-hydrogen) atoms. The molecule has 3 aromatic rings. The maximum Gasteiger partial charge on any atom is 0.277 e. The van der Waals surface area contributed by atoms with Crippen molar-refractivity contribution in [1.82, 2.24) is 14.8 Å². The molecule has 1 aliphatic rings. The molecular formula is C20H21N3O2S. The summed E-state index contributed by atoms with van der Waals surface area (Å²) in [5, 5.41) is 8.57. The molecule has 0 saturated heterocycles. The fourth-order valence-electron chi connectivity index (χ4n) is 3.12. The summed E-state index contributed by atoms with van der Waals surface area (Å²) in [4.78, 5) is 12.7. The monoisotopic (exact) mass is 367 g/mol. The van der Waals surface area contributed by atoms with Gasteiger partial charge in [-0.3, -0.25) is 4.79 Å². The van der Waals surface area contributed by atoms with E-state index in [2.05, 4.69) is 46.0 Å². The number of aromatic nitrogens is 3. The van der Waals surface area contributed by atoms with E-state index >= 15 is 0 Å². The van der Waals surface area contributed by atoms with Crippen molar-refractivity contribution in [3.63, 3.8) is 0 Å². The topological polar surface area (TPSA) is 60.9 Å². The Bertz CT molecular complexity index is 952. The molecule has 0 N–H and O–H groups in total. The van der Waals surface area contributed by atoms with Gasteiger partial charge in [0.2, 0.25) is 5.89 Å². The highest BCUT2D eigenvalue weighted by Crippen LogP contribution is 2.39. The van der Waals surface area contributed by atoms with Crippen LogP contribution in [0, 0.1) is 20.8 Å². The lowest BCUT2D eigenvalue weighted by Gasteiger charge is -2.10. The molecule has 0 amide bonds. The smallest absolute Gasteiger partial charge is 0.277 e. The van der Waals surface area contributed by atoms with E-state index in [0.29, 0.717) is 22.8 Å². The van der Waals surface area contributed by atoms with Crippen molar-refractivity contribution in [1.29, 1.82) is 0 Å². The van der Waals surface area contributed by atoms with Crippen LogP contribution in [0.15, 0.2) is 40.0 Å². The molecule has 0 aliphatic heterocycles. The Labute approximate surface area is 156 Å². The molecule has 1 fully saturated rings. The summed E-state index contributed by atoms with van der Waals surface area (Å²) >= 11 is 1.31. The highest BCUT2D eigenvalue weighted by Gasteiger charge is 2.29. The Hall–Kier alpha value is -2.34. The maximum absolute atomic E-state index is 12.7. The fourth-order valence-corrected chi connectivity index (χ4v) is 3.77. The van der Waals surface area contributed by atoms with Crippen LogP contribution in [-0.2, 0) is 0 Å². The summed E-state index contributed by atoms with van der Waals surface area (Å²) in [6.45, 7) is 6.08. The third-order valence-corrected chi connectivity index (χ3v) is 5.52. The average molecular weight is 367 g/mol. The van der Waals surface area contributed by atoms with E-state index in [0.717, 1.165) is 35.5 Å². The van der Waals surface area contributed by atoms with Crippen molar-refractivity contribution in [2.45, 2.75) is 44.8 Å². The Balaban J connectivity index is 1.50. The van der Waals surface area contributed by atoms with E-state index in [1.807, 2.05) is 19.9 Å². The van der Waals surface area contributed by atoms with E-state index in [1.165, 1.54) is 17.3 Å². The van der Waals surface area contributed by atoms with Crippen LogP contribution in [0.5, 0.6) is 0 Å². The second-order valence-electron chi connectivity index (χ2n) is 6.85. The summed E-state index contributed by atoms with van der Waals surface area (Å²) < 4.78 is 7.74. The first-order chi connectivity index (χ1) is 12.5. The lowest BCUT2D eigenvalue weighted by atomic mass is 10.2. The number of thioether (sulfide) groups is 1. The van der Waals surface area contributed by atoms with Gasteiger partial charge in [-0.2, -0.15) is 0 Å². The second-order valence-corrected chi connectivity index (χ2v) is 7.77. The van der Waals surface area contributed by atoms with Crippen molar-refractivity contribution in [2.24, 2.45) is 0 Å². The number of benzene rings is 1. The van der Waals surface area contributed by atoms with Crippen molar-refractivity contribution in [2.75, 3.05) is 5.75 Å². The normalized spacial score (nSPS) is 14.0. The van der Waals surface area contributed by atoms with Crippen molar-refractivity contribution < 1.29 is 9.21 Å². The minimum absolute atomic E-state index is 0.0765. The average Bonchev–Trinajstić information content (AvgIpc) is 3.29. The molecule has 0 unspecified atom stereocenters. The van der Waals surface area contributed by atoms with Gasteiger partial charge in [-0.15, -0.1) is 10.2 Å². The Morgan fingerprint density at radius 2 is 1.92 bits per heavy atom. The fraction of sp³-hybridized carbons (Fsp3) is 0.350. The van der Waals surface area contributed by atoms with Crippen LogP contribution in [-0.4, -0.2) is 26.3 Å². The molecule has 6 heteroatoms. The van der Waals surface area contributed by atoms with Crippen LogP contribution in [0.3, 0.4) is 0 Å². The quantitative estimate of drug-likeness (QED) is 0.469. The zero-order chi connectivity index (χ0) is 18.3. The first-order valence-corrected chi connectivity index (χ1v) is 9.77. The van der Waals surface area contributed by atoms with Crippen molar-refractivity contribution in [3.8, 4) is 5.69 Å². The van der Waals surface area contributed by atoms with Gasteiger partial charge in [0.1, 0.15) is 0 Å². The standard InChI is InChI=1S/C20H21N3O2S/c1-12-4-8-16(9-5-12)23-13(2)10-17(14(23)3)18(24)11-26-20-22-21-19(25-20)15-6-7-15/h4-5,8-10,15H,6-7,11H2,1-3H3. The van der Waals surface area contributed by atoms with E-state index in [4.69, 9.17) is 4.42 Å². The third-order valence-electron chi connectivity index (χ3n) is 4.70. The summed E-state index contributed by atoms with van der Waals surface area (Å²) in [6.07, 6.45) is 2.24. The molecule has 2 heterocycles. The molecule has 2 aromatic heterocycles. The van der Waals surface area contributed by atoms with Gasteiger partial charge in [-0.25, -0.2) is 0 Å². The van der Waals surface area contributed by atoms with Gasteiger partial charge in [0.15, 0.2) is 5.78 Å². The van der Waals surface area contributed by atoms with Gasteiger partial charge in [-0.1, -0.05) is 29.5 Å². The Morgan fingerprint density at radius 1 is 1.19 bits per heavy atom. The van der Waals surface area contributed by atoms with Crippen LogP contribution in [0.2, 0.25) is 0 Å². The first-order valence-electron chi connectivity index (χ1n) is 8.78.